The molecule has 2 N–H and O–H groups in total. The molecule has 7 nitrogen and oxygen atoms in total. The Labute approximate surface area is 173 Å². The minimum atomic E-state index is -3.65. The predicted molar refractivity (Wildman–Crippen MR) is 98.5 cm³/mol. The Morgan fingerprint density at radius 1 is 0.862 bits per heavy atom. The summed E-state index contributed by atoms with van der Waals surface area (Å²) < 4.78 is 50.1. The van der Waals surface area contributed by atoms with Gasteiger partial charge in [-0.15, -0.1) is 0 Å². The Bertz CT molecular complexity index is 1030. The Morgan fingerprint density at radius 2 is 1.34 bits per heavy atom. The van der Waals surface area contributed by atoms with Crippen LogP contribution in [0, 0.1) is 24.6 Å². The number of aromatic nitrogens is 1. The molecule has 0 saturated heterocycles. The first-order valence-electron chi connectivity index (χ1n) is 8.49. The number of pyridine rings is 1. The van der Waals surface area contributed by atoms with Gasteiger partial charge in [-0.25, -0.2) is 13.6 Å². The smallest absolute Gasteiger partial charge is 0.238 e. The molecular weight excluding hydrogens is 416 g/mol. The molecule has 1 heterocycles. The lowest BCUT2D eigenvalue weighted by Crippen LogP contribution is -2.42. The second-order valence-corrected chi connectivity index (χ2v) is 8.30. The predicted octanol–water partition coefficient (Wildman–Crippen LogP) is -0.613. The molecule has 0 radical (unpaired) electrons. The van der Waals surface area contributed by atoms with Gasteiger partial charge in [0.25, 0.3) is 0 Å². The first-order chi connectivity index (χ1) is 13.6. The normalized spacial score (nSPS) is 11.1. The SMILES string of the molecule is Cc1cc(-c2ccccc2)cc(C)[n+]1Cc1ccc(S(N)(=O)=O)cc1.[O-][Cl+2]([O-])[O-]. The molecule has 9 heteroatoms. The summed E-state index contributed by atoms with van der Waals surface area (Å²) in [7, 11) is -6.50. The maximum atomic E-state index is 11.4. The number of sulfonamides is 1. The number of benzene rings is 2. The summed E-state index contributed by atoms with van der Waals surface area (Å²) in [6, 6.07) is 21.3. The number of hydrogen-bond donors (Lipinski definition) is 1. The van der Waals surface area contributed by atoms with E-state index in [0.717, 1.165) is 17.0 Å². The number of halogens is 1. The van der Waals surface area contributed by atoms with Crippen LogP contribution in [0.3, 0.4) is 0 Å². The van der Waals surface area contributed by atoms with Gasteiger partial charge < -0.3 is 14.0 Å². The average molecular weight is 437 g/mol. The number of nitrogens with two attached hydrogens (primary N) is 1. The minimum Gasteiger partial charge on any atom is -0.357 e. The molecule has 0 aliphatic carbocycles. The third-order valence-corrected chi connectivity index (χ3v) is 5.21. The zero-order valence-electron chi connectivity index (χ0n) is 15.9. The molecule has 1 aromatic heterocycles. The molecule has 0 unspecified atom stereocenters. The molecular formula is C20H21ClN2O5S. The van der Waals surface area contributed by atoms with Crippen molar-refractivity contribution in [1.29, 1.82) is 0 Å². The van der Waals surface area contributed by atoms with E-state index in [2.05, 4.69) is 42.7 Å². The first kappa shape index (κ1) is 23.0. The lowest BCUT2D eigenvalue weighted by molar-refractivity contribution is -1.73. The summed E-state index contributed by atoms with van der Waals surface area (Å²) in [5.74, 6) is 0. The van der Waals surface area contributed by atoms with Crippen molar-refractivity contribution < 1.29 is 37.7 Å². The van der Waals surface area contributed by atoms with Crippen molar-refractivity contribution >= 4 is 10.0 Å². The van der Waals surface area contributed by atoms with Crippen LogP contribution in [-0.4, -0.2) is 8.42 Å². The highest BCUT2D eigenvalue weighted by Gasteiger charge is 2.15. The lowest BCUT2D eigenvalue weighted by atomic mass is 10.0. The number of aryl methyl sites for hydroxylation is 2. The van der Waals surface area contributed by atoms with Crippen molar-refractivity contribution in [2.75, 3.05) is 0 Å². The van der Waals surface area contributed by atoms with E-state index < -0.39 is 20.8 Å². The van der Waals surface area contributed by atoms with Crippen molar-refractivity contribution in [3.8, 4) is 11.1 Å². The van der Waals surface area contributed by atoms with Gasteiger partial charge in [0, 0.05) is 31.5 Å². The minimum absolute atomic E-state index is 0.133. The fraction of sp³-hybridized carbons (Fsp3) is 0.150. The van der Waals surface area contributed by atoms with Gasteiger partial charge in [0.1, 0.15) is 0 Å². The average Bonchev–Trinajstić information content (AvgIpc) is 2.64. The molecule has 29 heavy (non-hydrogen) atoms. The van der Waals surface area contributed by atoms with Crippen LogP contribution in [0.15, 0.2) is 71.6 Å². The Kier molecular flexibility index (Phi) is 7.86. The van der Waals surface area contributed by atoms with E-state index in [4.69, 9.17) is 19.1 Å². The van der Waals surface area contributed by atoms with Gasteiger partial charge in [0.05, 0.1) is 15.7 Å². The van der Waals surface area contributed by atoms with Crippen molar-refractivity contribution in [2.24, 2.45) is 5.14 Å². The molecule has 0 saturated carbocycles. The quantitative estimate of drug-likeness (QED) is 0.544. The fourth-order valence-electron chi connectivity index (χ4n) is 2.94. The summed E-state index contributed by atoms with van der Waals surface area (Å²) in [5, 5.41) is 5.15. The van der Waals surface area contributed by atoms with E-state index in [-0.39, 0.29) is 4.90 Å². The molecule has 154 valence electrons. The highest BCUT2D eigenvalue weighted by molar-refractivity contribution is 7.89. The van der Waals surface area contributed by atoms with Crippen molar-refractivity contribution in [3.05, 3.63) is 83.7 Å². The van der Waals surface area contributed by atoms with Gasteiger partial charge >= 0.3 is 0 Å². The molecule has 3 aromatic rings. The van der Waals surface area contributed by atoms with Crippen LogP contribution in [0.2, 0.25) is 0 Å². The molecule has 3 rings (SSSR count). The van der Waals surface area contributed by atoms with Crippen LogP contribution in [0.25, 0.3) is 11.1 Å². The third-order valence-electron chi connectivity index (χ3n) is 4.28. The summed E-state index contributed by atoms with van der Waals surface area (Å²) in [5.41, 5.74) is 5.70. The molecule has 0 aliphatic heterocycles. The largest absolute Gasteiger partial charge is 0.357 e. The third kappa shape index (κ3) is 6.90. The fourth-order valence-corrected chi connectivity index (χ4v) is 3.45. The Hall–Kier alpha value is -2.33. The van der Waals surface area contributed by atoms with Gasteiger partial charge in [-0.3, -0.25) is 0 Å². The molecule has 0 aliphatic rings. The van der Waals surface area contributed by atoms with E-state index >= 15 is 0 Å². The summed E-state index contributed by atoms with van der Waals surface area (Å²) >= 11 is 0. The highest BCUT2D eigenvalue weighted by atomic mass is 35.6. The Morgan fingerprint density at radius 3 is 1.79 bits per heavy atom. The van der Waals surface area contributed by atoms with Crippen molar-refractivity contribution in [2.45, 2.75) is 25.3 Å². The molecule has 0 bridgehead atoms. The number of nitrogens with zero attached hydrogens (tertiary/aromatic N) is 1. The van der Waals surface area contributed by atoms with Crippen LogP contribution in [0.5, 0.6) is 0 Å². The van der Waals surface area contributed by atoms with Gasteiger partial charge in [0.2, 0.25) is 10.0 Å². The zero-order valence-corrected chi connectivity index (χ0v) is 17.5. The maximum absolute atomic E-state index is 11.4. The van der Waals surface area contributed by atoms with Crippen LogP contribution in [-0.2, 0) is 16.6 Å². The summed E-state index contributed by atoms with van der Waals surface area (Å²) in [6.07, 6.45) is 0. The van der Waals surface area contributed by atoms with Gasteiger partial charge in [-0.1, -0.05) is 42.5 Å². The van der Waals surface area contributed by atoms with Gasteiger partial charge in [-0.05, 0) is 23.3 Å². The molecule has 0 spiro atoms. The van der Waals surface area contributed by atoms with E-state index in [1.54, 1.807) is 24.3 Å². The topological polar surface area (TPSA) is 133 Å². The van der Waals surface area contributed by atoms with Crippen LogP contribution >= 0.6 is 0 Å². The van der Waals surface area contributed by atoms with E-state index in [9.17, 15) is 8.42 Å². The van der Waals surface area contributed by atoms with Crippen LogP contribution < -0.4 is 23.7 Å². The molecule has 0 amide bonds. The first-order valence-corrected chi connectivity index (χ1v) is 11.0. The Balaban J connectivity index is 0.000000687. The lowest BCUT2D eigenvalue weighted by Gasteiger charge is -2.08. The summed E-state index contributed by atoms with van der Waals surface area (Å²) in [4.78, 5) is 0.133. The number of primary sulfonamides is 1. The number of hydrogen-bond acceptors (Lipinski definition) is 5. The summed E-state index contributed by atoms with van der Waals surface area (Å²) in [6.45, 7) is 4.84. The van der Waals surface area contributed by atoms with E-state index in [1.165, 1.54) is 11.1 Å². The van der Waals surface area contributed by atoms with Gasteiger partial charge in [0.15, 0.2) is 17.9 Å². The van der Waals surface area contributed by atoms with Crippen LogP contribution in [0.1, 0.15) is 17.0 Å². The van der Waals surface area contributed by atoms with Crippen molar-refractivity contribution in [3.63, 3.8) is 0 Å². The second-order valence-electron chi connectivity index (χ2n) is 6.36. The molecule has 2 aromatic carbocycles. The standard InChI is InChI=1S/C20H21N2O2S.ClO3/c1-15-12-19(18-6-4-3-5-7-18)13-16(2)22(15)14-17-8-10-20(11-9-17)25(21,23)24;2-1(3)4/h3-13H,14H2,1-2H3,(H2,21,23,24);/q+1;-1. The van der Waals surface area contributed by atoms with Crippen molar-refractivity contribution in [1.82, 2.24) is 0 Å². The molecule has 0 atom stereocenters. The van der Waals surface area contributed by atoms with Gasteiger partial charge in [-0.2, -0.15) is 4.57 Å². The van der Waals surface area contributed by atoms with E-state index in [0.29, 0.717) is 6.54 Å². The molecule has 0 fully saturated rings. The maximum Gasteiger partial charge on any atom is 0.238 e. The monoisotopic (exact) mass is 436 g/mol. The van der Waals surface area contributed by atoms with Crippen LogP contribution in [0.4, 0.5) is 0 Å². The zero-order chi connectivity index (χ0) is 21.6. The highest BCUT2D eigenvalue weighted by Crippen LogP contribution is 2.20. The van der Waals surface area contributed by atoms with E-state index in [1.807, 2.05) is 18.2 Å². The number of rotatable bonds is 4. The second kappa shape index (κ2) is 9.93.